The van der Waals surface area contributed by atoms with E-state index in [1.54, 1.807) is 12.1 Å². The van der Waals surface area contributed by atoms with Crippen LogP contribution in [0.4, 0.5) is 0 Å². The van der Waals surface area contributed by atoms with Crippen molar-refractivity contribution < 1.29 is 9.53 Å². The second kappa shape index (κ2) is 5.45. The van der Waals surface area contributed by atoms with E-state index in [4.69, 9.17) is 4.74 Å². The number of carbonyl (C=O) groups is 1. The van der Waals surface area contributed by atoms with E-state index in [2.05, 4.69) is 38.7 Å². The average Bonchev–Trinajstić information content (AvgIpc) is 2.40. The average molecular weight is 269 g/mol. The van der Waals surface area contributed by atoms with Gasteiger partial charge >= 0.3 is 0 Å². The van der Waals surface area contributed by atoms with Crippen molar-refractivity contribution in [3.8, 4) is 11.6 Å². The smallest absolute Gasteiger partial charge is 0.219 e. The number of aromatic nitrogens is 1. The molecule has 2 aromatic rings. The van der Waals surface area contributed by atoms with Crippen LogP contribution in [0.15, 0.2) is 36.5 Å². The molecule has 0 N–H and O–H groups in total. The molecule has 3 heteroatoms. The Bertz CT molecular complexity index is 610. The monoisotopic (exact) mass is 269 g/mol. The number of pyridine rings is 1. The van der Waals surface area contributed by atoms with Crippen LogP contribution in [-0.4, -0.2) is 11.3 Å². The summed E-state index contributed by atoms with van der Waals surface area (Å²) in [5, 5.41) is 0. The first-order valence-corrected chi connectivity index (χ1v) is 6.60. The Hall–Kier alpha value is -2.16. The summed E-state index contributed by atoms with van der Waals surface area (Å²) in [4.78, 5) is 14.8. The van der Waals surface area contributed by atoms with Crippen LogP contribution >= 0.6 is 0 Å². The van der Waals surface area contributed by atoms with Gasteiger partial charge in [-0.2, -0.15) is 0 Å². The summed E-state index contributed by atoms with van der Waals surface area (Å²) in [6, 6.07) is 9.51. The summed E-state index contributed by atoms with van der Waals surface area (Å²) in [7, 11) is 0. The fourth-order valence-corrected chi connectivity index (χ4v) is 1.95. The highest BCUT2D eigenvalue weighted by molar-refractivity contribution is 5.74. The van der Waals surface area contributed by atoms with Crippen molar-refractivity contribution in [3.63, 3.8) is 0 Å². The molecule has 0 fully saturated rings. The first-order chi connectivity index (χ1) is 9.40. The number of aldehydes is 1. The van der Waals surface area contributed by atoms with Gasteiger partial charge in [-0.1, -0.05) is 38.5 Å². The SMILES string of the molecule is Cc1ccc(Oc2ccc(C=O)cn2)c(C(C)(C)C)c1. The summed E-state index contributed by atoms with van der Waals surface area (Å²) in [5.74, 6) is 1.29. The predicted molar refractivity (Wildman–Crippen MR) is 79.6 cm³/mol. The fourth-order valence-electron chi connectivity index (χ4n) is 1.95. The largest absolute Gasteiger partial charge is 0.439 e. The fraction of sp³-hybridized carbons (Fsp3) is 0.294. The molecular formula is C17H19NO2. The van der Waals surface area contributed by atoms with E-state index in [1.165, 1.54) is 11.8 Å². The molecule has 20 heavy (non-hydrogen) atoms. The lowest BCUT2D eigenvalue weighted by molar-refractivity contribution is 0.112. The number of rotatable bonds is 3. The molecule has 0 saturated heterocycles. The van der Waals surface area contributed by atoms with Crippen molar-refractivity contribution in [3.05, 3.63) is 53.2 Å². The highest BCUT2D eigenvalue weighted by atomic mass is 16.5. The lowest BCUT2D eigenvalue weighted by Gasteiger charge is -2.23. The maximum Gasteiger partial charge on any atom is 0.219 e. The van der Waals surface area contributed by atoms with Crippen molar-refractivity contribution in [2.24, 2.45) is 0 Å². The third kappa shape index (κ3) is 3.23. The van der Waals surface area contributed by atoms with Gasteiger partial charge in [0.25, 0.3) is 0 Å². The molecule has 0 atom stereocenters. The summed E-state index contributed by atoms with van der Waals surface area (Å²) in [6.45, 7) is 8.52. The predicted octanol–water partition coefficient (Wildman–Crippen LogP) is 4.29. The molecule has 0 radical (unpaired) electrons. The van der Waals surface area contributed by atoms with E-state index < -0.39 is 0 Å². The van der Waals surface area contributed by atoms with Crippen molar-refractivity contribution in [1.29, 1.82) is 0 Å². The first-order valence-electron chi connectivity index (χ1n) is 6.60. The molecule has 0 aliphatic rings. The first kappa shape index (κ1) is 14.3. The summed E-state index contributed by atoms with van der Waals surface area (Å²) >= 11 is 0. The van der Waals surface area contributed by atoms with Crippen LogP contribution in [0.25, 0.3) is 0 Å². The van der Waals surface area contributed by atoms with Crippen LogP contribution in [0.1, 0.15) is 42.3 Å². The number of aryl methyl sites for hydroxylation is 1. The number of hydrogen-bond acceptors (Lipinski definition) is 3. The highest BCUT2D eigenvalue weighted by Crippen LogP contribution is 2.34. The van der Waals surface area contributed by atoms with E-state index in [0.717, 1.165) is 17.6 Å². The molecule has 0 aliphatic heterocycles. The Balaban J connectivity index is 2.35. The number of nitrogens with zero attached hydrogens (tertiary/aromatic N) is 1. The maximum absolute atomic E-state index is 10.6. The van der Waals surface area contributed by atoms with Gasteiger partial charge in [0.1, 0.15) is 5.75 Å². The van der Waals surface area contributed by atoms with Gasteiger partial charge in [-0.25, -0.2) is 4.98 Å². The van der Waals surface area contributed by atoms with Crippen molar-refractivity contribution in [2.45, 2.75) is 33.1 Å². The molecule has 1 heterocycles. The molecule has 0 aliphatic carbocycles. The van der Waals surface area contributed by atoms with Crippen LogP contribution < -0.4 is 4.74 Å². The van der Waals surface area contributed by atoms with Crippen molar-refractivity contribution in [1.82, 2.24) is 4.98 Å². The quantitative estimate of drug-likeness (QED) is 0.780. The zero-order chi connectivity index (χ0) is 14.8. The van der Waals surface area contributed by atoms with Gasteiger partial charge in [-0.3, -0.25) is 4.79 Å². The Morgan fingerprint density at radius 2 is 1.90 bits per heavy atom. The molecule has 1 aromatic carbocycles. The zero-order valence-electron chi connectivity index (χ0n) is 12.3. The van der Waals surface area contributed by atoms with Gasteiger partial charge in [0, 0.05) is 23.4 Å². The van der Waals surface area contributed by atoms with Crippen LogP contribution in [0.2, 0.25) is 0 Å². The van der Waals surface area contributed by atoms with Gasteiger partial charge in [0.15, 0.2) is 6.29 Å². The molecule has 0 spiro atoms. The lowest BCUT2D eigenvalue weighted by atomic mass is 9.85. The molecule has 0 bridgehead atoms. The highest BCUT2D eigenvalue weighted by Gasteiger charge is 2.19. The summed E-state index contributed by atoms with van der Waals surface area (Å²) < 4.78 is 5.86. The third-order valence-corrected chi connectivity index (χ3v) is 3.05. The Kier molecular flexibility index (Phi) is 3.89. The van der Waals surface area contributed by atoms with E-state index in [9.17, 15) is 4.79 Å². The molecule has 0 unspecified atom stereocenters. The number of ether oxygens (including phenoxy) is 1. The van der Waals surface area contributed by atoms with Gasteiger partial charge in [-0.05, 0) is 24.5 Å². The van der Waals surface area contributed by atoms with Gasteiger partial charge in [0.05, 0.1) is 0 Å². The zero-order valence-corrected chi connectivity index (χ0v) is 12.3. The number of hydrogen-bond donors (Lipinski definition) is 0. The number of carbonyl (C=O) groups excluding carboxylic acids is 1. The van der Waals surface area contributed by atoms with E-state index in [0.29, 0.717) is 11.4 Å². The molecule has 1 aromatic heterocycles. The minimum Gasteiger partial charge on any atom is -0.439 e. The van der Waals surface area contributed by atoms with Crippen LogP contribution in [0.3, 0.4) is 0 Å². The number of benzene rings is 1. The maximum atomic E-state index is 10.6. The Morgan fingerprint density at radius 3 is 2.45 bits per heavy atom. The van der Waals surface area contributed by atoms with Crippen molar-refractivity contribution >= 4 is 6.29 Å². The molecule has 0 saturated carbocycles. The molecule has 3 nitrogen and oxygen atoms in total. The lowest BCUT2D eigenvalue weighted by Crippen LogP contribution is -2.13. The molecule has 0 amide bonds. The topological polar surface area (TPSA) is 39.2 Å². The van der Waals surface area contributed by atoms with E-state index in [1.807, 2.05) is 12.1 Å². The Morgan fingerprint density at radius 1 is 1.15 bits per heavy atom. The van der Waals surface area contributed by atoms with Crippen LogP contribution in [-0.2, 0) is 5.41 Å². The van der Waals surface area contributed by atoms with Crippen LogP contribution in [0.5, 0.6) is 11.6 Å². The van der Waals surface area contributed by atoms with E-state index in [-0.39, 0.29) is 5.41 Å². The molecular weight excluding hydrogens is 250 g/mol. The Labute approximate surface area is 119 Å². The second-order valence-electron chi connectivity index (χ2n) is 5.90. The van der Waals surface area contributed by atoms with Crippen molar-refractivity contribution in [2.75, 3.05) is 0 Å². The molecule has 104 valence electrons. The van der Waals surface area contributed by atoms with Gasteiger partial charge in [0.2, 0.25) is 5.88 Å². The second-order valence-corrected chi connectivity index (χ2v) is 5.90. The summed E-state index contributed by atoms with van der Waals surface area (Å²) in [5.41, 5.74) is 2.87. The van der Waals surface area contributed by atoms with Gasteiger partial charge in [-0.15, -0.1) is 0 Å². The molecule has 2 rings (SSSR count). The van der Waals surface area contributed by atoms with E-state index >= 15 is 0 Å². The summed E-state index contributed by atoms with van der Waals surface area (Å²) in [6.07, 6.45) is 2.27. The normalized spacial score (nSPS) is 11.2. The minimum atomic E-state index is -0.00983. The third-order valence-electron chi connectivity index (χ3n) is 3.05. The standard InChI is InChI=1S/C17H19NO2/c1-12-5-7-15(14(9-12)17(2,3)4)20-16-8-6-13(11-19)10-18-16/h5-11H,1-4H3. The van der Waals surface area contributed by atoms with Gasteiger partial charge < -0.3 is 4.74 Å². The minimum absolute atomic E-state index is 0.00983. The van der Waals surface area contributed by atoms with Crippen LogP contribution in [0, 0.1) is 6.92 Å².